The van der Waals surface area contributed by atoms with Gasteiger partial charge in [0.15, 0.2) is 0 Å². The topological polar surface area (TPSA) is 72.9 Å². The Labute approximate surface area is 142 Å². The third kappa shape index (κ3) is 3.92. The summed E-state index contributed by atoms with van der Waals surface area (Å²) in [6.45, 7) is 0.466. The first-order valence-electron chi connectivity index (χ1n) is 7.84. The van der Waals surface area contributed by atoms with Crippen molar-refractivity contribution in [1.82, 2.24) is 15.1 Å². The van der Waals surface area contributed by atoms with E-state index in [4.69, 9.17) is 5.73 Å². The van der Waals surface area contributed by atoms with Gasteiger partial charge in [0.2, 0.25) is 5.91 Å². The van der Waals surface area contributed by atoms with Crippen LogP contribution in [0.25, 0.3) is 5.69 Å². The van der Waals surface area contributed by atoms with E-state index < -0.39 is 5.54 Å². The molecule has 2 aromatic rings. The Morgan fingerprint density at radius 1 is 1.22 bits per heavy atom. The standard InChI is InChI=1S/C17H22N4O.ClH/c18-17(9-4-1-5-10-17)16(22)19-13-14-7-2-3-8-15(14)21-12-6-11-20-21;/h2-3,6-8,11-12H,1,4-5,9-10,13,18H2,(H,19,22);1H. The summed E-state index contributed by atoms with van der Waals surface area (Å²) in [5.74, 6) is -0.0394. The van der Waals surface area contributed by atoms with Crippen LogP contribution in [0, 0.1) is 0 Å². The van der Waals surface area contributed by atoms with Crippen molar-refractivity contribution in [2.75, 3.05) is 0 Å². The maximum Gasteiger partial charge on any atom is 0.240 e. The highest BCUT2D eigenvalue weighted by molar-refractivity contribution is 5.86. The smallest absolute Gasteiger partial charge is 0.240 e. The quantitative estimate of drug-likeness (QED) is 0.902. The zero-order valence-corrected chi connectivity index (χ0v) is 13.9. The van der Waals surface area contributed by atoms with Crippen molar-refractivity contribution < 1.29 is 4.79 Å². The van der Waals surface area contributed by atoms with E-state index in [1.807, 2.05) is 36.5 Å². The van der Waals surface area contributed by atoms with E-state index in [1.54, 1.807) is 10.9 Å². The van der Waals surface area contributed by atoms with E-state index >= 15 is 0 Å². The van der Waals surface area contributed by atoms with E-state index in [0.29, 0.717) is 6.54 Å². The lowest BCUT2D eigenvalue weighted by atomic mass is 9.82. The second kappa shape index (κ2) is 7.62. The molecule has 3 N–H and O–H groups in total. The number of hydrogen-bond acceptors (Lipinski definition) is 3. The average Bonchev–Trinajstić information content (AvgIpc) is 3.08. The van der Waals surface area contributed by atoms with Crippen LogP contribution in [0.5, 0.6) is 0 Å². The normalized spacial score (nSPS) is 16.4. The number of benzene rings is 1. The first kappa shape index (κ1) is 17.5. The van der Waals surface area contributed by atoms with Gasteiger partial charge in [-0.05, 0) is 30.5 Å². The van der Waals surface area contributed by atoms with Gasteiger partial charge in [0.25, 0.3) is 0 Å². The van der Waals surface area contributed by atoms with Crippen LogP contribution >= 0.6 is 12.4 Å². The monoisotopic (exact) mass is 334 g/mol. The predicted molar refractivity (Wildman–Crippen MR) is 92.7 cm³/mol. The molecule has 3 rings (SSSR count). The Bertz CT molecular complexity index is 636. The molecular formula is C17H23ClN4O. The van der Waals surface area contributed by atoms with Crippen LogP contribution in [-0.2, 0) is 11.3 Å². The third-order valence-electron chi connectivity index (χ3n) is 4.38. The summed E-state index contributed by atoms with van der Waals surface area (Å²) in [6.07, 6.45) is 8.44. The number of nitrogens with zero attached hydrogens (tertiary/aromatic N) is 2. The number of nitrogens with one attached hydrogen (secondary N) is 1. The molecule has 1 fully saturated rings. The SMILES string of the molecule is Cl.NC1(C(=O)NCc2ccccc2-n2cccn2)CCCCC1. The molecule has 0 bridgehead atoms. The molecular weight excluding hydrogens is 312 g/mol. The van der Waals surface area contributed by atoms with Gasteiger partial charge < -0.3 is 11.1 Å². The molecule has 1 amide bonds. The van der Waals surface area contributed by atoms with Gasteiger partial charge in [-0.3, -0.25) is 4.79 Å². The average molecular weight is 335 g/mol. The first-order chi connectivity index (χ1) is 10.7. The highest BCUT2D eigenvalue weighted by Crippen LogP contribution is 2.26. The molecule has 5 nitrogen and oxygen atoms in total. The van der Waals surface area contributed by atoms with Crippen molar-refractivity contribution in [3.8, 4) is 5.69 Å². The lowest BCUT2D eigenvalue weighted by molar-refractivity contribution is -0.127. The minimum atomic E-state index is -0.696. The van der Waals surface area contributed by atoms with Gasteiger partial charge in [0, 0.05) is 18.9 Å². The van der Waals surface area contributed by atoms with E-state index in [0.717, 1.165) is 36.9 Å². The molecule has 0 atom stereocenters. The van der Waals surface area contributed by atoms with Gasteiger partial charge in [0.05, 0.1) is 11.2 Å². The van der Waals surface area contributed by atoms with Crippen LogP contribution in [0.4, 0.5) is 0 Å². The van der Waals surface area contributed by atoms with E-state index in [2.05, 4.69) is 10.4 Å². The van der Waals surface area contributed by atoms with Crippen LogP contribution in [0.1, 0.15) is 37.7 Å². The number of rotatable bonds is 4. The maximum atomic E-state index is 12.4. The number of aromatic nitrogens is 2. The highest BCUT2D eigenvalue weighted by atomic mass is 35.5. The second-order valence-corrected chi connectivity index (χ2v) is 5.98. The van der Waals surface area contributed by atoms with Crippen molar-refractivity contribution >= 4 is 18.3 Å². The Morgan fingerprint density at radius 3 is 2.65 bits per heavy atom. The van der Waals surface area contributed by atoms with Crippen molar-refractivity contribution in [2.45, 2.75) is 44.2 Å². The fourth-order valence-corrected chi connectivity index (χ4v) is 3.06. The summed E-state index contributed by atoms with van der Waals surface area (Å²) in [6, 6.07) is 9.81. The molecule has 0 spiro atoms. The van der Waals surface area contributed by atoms with Gasteiger partial charge in [-0.15, -0.1) is 12.4 Å². The van der Waals surface area contributed by atoms with Crippen LogP contribution in [0.2, 0.25) is 0 Å². The molecule has 1 saturated carbocycles. The number of carbonyl (C=O) groups excluding carboxylic acids is 1. The predicted octanol–water partition coefficient (Wildman–Crippen LogP) is 2.57. The van der Waals surface area contributed by atoms with Gasteiger partial charge in [0.1, 0.15) is 0 Å². The highest BCUT2D eigenvalue weighted by Gasteiger charge is 2.34. The van der Waals surface area contributed by atoms with E-state index in [-0.39, 0.29) is 18.3 Å². The molecule has 0 saturated heterocycles. The molecule has 23 heavy (non-hydrogen) atoms. The fourth-order valence-electron chi connectivity index (χ4n) is 3.06. The molecule has 0 aliphatic heterocycles. The molecule has 0 unspecified atom stereocenters. The lowest BCUT2D eigenvalue weighted by Gasteiger charge is -2.31. The summed E-state index contributed by atoms with van der Waals surface area (Å²) < 4.78 is 1.81. The molecule has 6 heteroatoms. The third-order valence-corrected chi connectivity index (χ3v) is 4.38. The van der Waals surface area contributed by atoms with Crippen LogP contribution in [-0.4, -0.2) is 21.2 Å². The van der Waals surface area contributed by atoms with Gasteiger partial charge in [-0.25, -0.2) is 4.68 Å². The zero-order valence-electron chi connectivity index (χ0n) is 13.1. The first-order valence-corrected chi connectivity index (χ1v) is 7.84. The summed E-state index contributed by atoms with van der Waals surface area (Å²) in [5.41, 5.74) is 7.58. The van der Waals surface area contributed by atoms with Crippen molar-refractivity contribution in [1.29, 1.82) is 0 Å². The molecule has 1 aliphatic rings. The Kier molecular flexibility index (Phi) is 5.80. The Hall–Kier alpha value is -1.85. The second-order valence-electron chi connectivity index (χ2n) is 5.98. The zero-order chi connectivity index (χ0) is 15.4. The van der Waals surface area contributed by atoms with Crippen LogP contribution < -0.4 is 11.1 Å². The summed E-state index contributed by atoms with van der Waals surface area (Å²) in [5, 5.41) is 7.26. The van der Waals surface area contributed by atoms with Crippen LogP contribution in [0.15, 0.2) is 42.7 Å². The number of nitrogens with two attached hydrogens (primary N) is 1. The minimum Gasteiger partial charge on any atom is -0.350 e. The maximum absolute atomic E-state index is 12.4. The molecule has 1 aromatic heterocycles. The largest absolute Gasteiger partial charge is 0.350 e. The van der Waals surface area contributed by atoms with Crippen molar-refractivity contribution in [2.24, 2.45) is 5.73 Å². The summed E-state index contributed by atoms with van der Waals surface area (Å²) in [4.78, 5) is 12.4. The van der Waals surface area contributed by atoms with Gasteiger partial charge in [-0.2, -0.15) is 5.10 Å². The molecule has 1 aromatic carbocycles. The summed E-state index contributed by atoms with van der Waals surface area (Å²) >= 11 is 0. The molecule has 124 valence electrons. The van der Waals surface area contributed by atoms with Crippen molar-refractivity contribution in [3.63, 3.8) is 0 Å². The lowest BCUT2D eigenvalue weighted by Crippen LogP contribution is -2.54. The number of amides is 1. The van der Waals surface area contributed by atoms with E-state index in [9.17, 15) is 4.79 Å². The van der Waals surface area contributed by atoms with Crippen molar-refractivity contribution in [3.05, 3.63) is 48.3 Å². The Morgan fingerprint density at radius 2 is 1.96 bits per heavy atom. The Balaban J connectivity index is 0.00000192. The number of halogens is 1. The van der Waals surface area contributed by atoms with Gasteiger partial charge in [-0.1, -0.05) is 37.5 Å². The summed E-state index contributed by atoms with van der Waals surface area (Å²) in [7, 11) is 0. The molecule has 1 aliphatic carbocycles. The van der Waals surface area contributed by atoms with E-state index in [1.165, 1.54) is 6.42 Å². The van der Waals surface area contributed by atoms with Crippen LogP contribution in [0.3, 0.4) is 0 Å². The fraction of sp³-hybridized carbons (Fsp3) is 0.412. The number of hydrogen-bond donors (Lipinski definition) is 2. The number of para-hydroxylation sites is 1. The molecule has 1 heterocycles. The number of carbonyl (C=O) groups is 1. The minimum absolute atomic E-state index is 0. The molecule has 0 radical (unpaired) electrons. The van der Waals surface area contributed by atoms with Gasteiger partial charge >= 0.3 is 0 Å².